The molecule has 0 fully saturated rings. The number of nitrogens with one attached hydrogen (secondary N) is 1. The Hall–Kier alpha value is -2.80. The van der Waals surface area contributed by atoms with Gasteiger partial charge in [-0.05, 0) is 48.5 Å². The van der Waals surface area contributed by atoms with Gasteiger partial charge in [0.05, 0.1) is 27.4 Å². The van der Waals surface area contributed by atoms with Crippen molar-refractivity contribution in [2.75, 3.05) is 0 Å². The Labute approximate surface area is 174 Å². The molecule has 0 bridgehead atoms. The average molecular weight is 438 g/mol. The number of carboxylic acids is 1. The van der Waals surface area contributed by atoms with Crippen LogP contribution in [0.25, 0.3) is 11.3 Å². The second kappa shape index (κ2) is 8.48. The molecule has 0 spiro atoms. The van der Waals surface area contributed by atoms with Crippen molar-refractivity contribution in [3.63, 3.8) is 0 Å². The van der Waals surface area contributed by atoms with Gasteiger partial charge in [-0.1, -0.05) is 34.8 Å². The van der Waals surface area contributed by atoms with E-state index in [1.54, 1.807) is 24.3 Å². The van der Waals surface area contributed by atoms with E-state index in [1.807, 2.05) is 0 Å². The van der Waals surface area contributed by atoms with Gasteiger partial charge >= 0.3 is 5.97 Å². The van der Waals surface area contributed by atoms with Gasteiger partial charge in [0.1, 0.15) is 11.5 Å². The summed E-state index contributed by atoms with van der Waals surface area (Å²) < 4.78 is 5.59. The summed E-state index contributed by atoms with van der Waals surface area (Å²) in [5.74, 6) is -0.866. The molecule has 28 heavy (non-hydrogen) atoms. The van der Waals surface area contributed by atoms with Crippen molar-refractivity contribution >= 4 is 52.9 Å². The number of carboxylic acid groups (broad SMARTS) is 1. The Kier molecular flexibility index (Phi) is 6.04. The molecule has 1 amide bonds. The second-order valence-corrected chi connectivity index (χ2v) is 6.78. The van der Waals surface area contributed by atoms with Crippen LogP contribution in [0.2, 0.25) is 15.1 Å². The van der Waals surface area contributed by atoms with E-state index in [9.17, 15) is 9.59 Å². The summed E-state index contributed by atoms with van der Waals surface area (Å²) in [5.41, 5.74) is 3.07. The van der Waals surface area contributed by atoms with Crippen molar-refractivity contribution in [1.82, 2.24) is 5.43 Å². The molecule has 142 valence electrons. The predicted molar refractivity (Wildman–Crippen MR) is 108 cm³/mol. The van der Waals surface area contributed by atoms with Gasteiger partial charge in [0, 0.05) is 10.6 Å². The number of rotatable bonds is 5. The summed E-state index contributed by atoms with van der Waals surface area (Å²) in [5, 5.41) is 13.7. The topological polar surface area (TPSA) is 91.9 Å². The summed E-state index contributed by atoms with van der Waals surface area (Å²) in [6.07, 6.45) is 1.30. The molecule has 0 atom stereocenters. The van der Waals surface area contributed by atoms with Gasteiger partial charge in [-0.25, -0.2) is 10.2 Å². The number of hydrogen-bond donors (Lipinski definition) is 2. The maximum absolute atomic E-state index is 12.1. The zero-order valence-corrected chi connectivity index (χ0v) is 16.2. The third-order valence-electron chi connectivity index (χ3n) is 3.64. The Balaban J connectivity index is 1.72. The number of furan rings is 1. The first-order valence-corrected chi connectivity index (χ1v) is 8.90. The van der Waals surface area contributed by atoms with Crippen molar-refractivity contribution in [1.29, 1.82) is 0 Å². The second-order valence-electron chi connectivity index (χ2n) is 5.53. The zero-order chi connectivity index (χ0) is 20.3. The number of amides is 1. The molecule has 0 radical (unpaired) electrons. The van der Waals surface area contributed by atoms with Crippen molar-refractivity contribution in [3.8, 4) is 11.3 Å². The molecular formula is C19H11Cl3N2O4. The monoisotopic (exact) mass is 436 g/mol. The lowest BCUT2D eigenvalue weighted by molar-refractivity contribution is 0.0697. The van der Waals surface area contributed by atoms with Gasteiger partial charge in [-0.15, -0.1) is 0 Å². The first kappa shape index (κ1) is 19.9. The van der Waals surface area contributed by atoms with Gasteiger partial charge in [-0.2, -0.15) is 5.10 Å². The lowest BCUT2D eigenvalue weighted by atomic mass is 10.1. The normalized spacial score (nSPS) is 11.0. The van der Waals surface area contributed by atoms with Crippen LogP contribution in [0.15, 0.2) is 58.0 Å². The summed E-state index contributed by atoms with van der Waals surface area (Å²) >= 11 is 17.6. The number of nitrogens with zero attached hydrogens (tertiary/aromatic N) is 1. The minimum absolute atomic E-state index is 0.0297. The standard InChI is InChI=1S/C19H11Cl3N2O4/c20-11-2-4-13(16(22)8-11)18(25)24-23-9-12-3-6-17(28-12)10-1-5-15(21)14(7-10)19(26)27/h1-9H,(H,24,25)(H,26,27)/b23-9+. The minimum Gasteiger partial charge on any atom is -0.478 e. The maximum atomic E-state index is 12.1. The highest BCUT2D eigenvalue weighted by Gasteiger charge is 2.13. The van der Waals surface area contributed by atoms with Crippen LogP contribution in [-0.2, 0) is 0 Å². The zero-order valence-electron chi connectivity index (χ0n) is 13.9. The number of benzene rings is 2. The van der Waals surface area contributed by atoms with Crippen LogP contribution >= 0.6 is 34.8 Å². The first-order valence-electron chi connectivity index (χ1n) is 7.76. The van der Waals surface area contributed by atoms with E-state index in [1.165, 1.54) is 30.5 Å². The van der Waals surface area contributed by atoms with Gasteiger partial charge in [0.15, 0.2) is 0 Å². The highest BCUT2D eigenvalue weighted by atomic mass is 35.5. The molecule has 3 aromatic rings. The number of carbonyl (C=O) groups is 2. The van der Waals surface area contributed by atoms with E-state index >= 15 is 0 Å². The summed E-state index contributed by atoms with van der Waals surface area (Å²) in [6.45, 7) is 0. The third kappa shape index (κ3) is 4.54. The number of aromatic carboxylic acids is 1. The Morgan fingerprint density at radius 3 is 2.46 bits per heavy atom. The Morgan fingerprint density at radius 1 is 0.964 bits per heavy atom. The lowest BCUT2D eigenvalue weighted by Gasteiger charge is -2.02. The molecular weight excluding hydrogens is 427 g/mol. The molecule has 3 rings (SSSR count). The number of hydrazone groups is 1. The number of carbonyl (C=O) groups excluding carboxylic acids is 1. The van der Waals surface area contributed by atoms with E-state index in [0.29, 0.717) is 22.1 Å². The average Bonchev–Trinajstić information content (AvgIpc) is 3.10. The van der Waals surface area contributed by atoms with E-state index in [4.69, 9.17) is 44.3 Å². The molecule has 6 nitrogen and oxygen atoms in total. The molecule has 2 N–H and O–H groups in total. The van der Waals surface area contributed by atoms with Gasteiger partial charge < -0.3 is 9.52 Å². The minimum atomic E-state index is -1.14. The van der Waals surface area contributed by atoms with Crippen LogP contribution < -0.4 is 5.43 Å². The van der Waals surface area contributed by atoms with Crippen molar-refractivity contribution in [2.24, 2.45) is 5.10 Å². The van der Waals surface area contributed by atoms with Crippen LogP contribution in [0, 0.1) is 0 Å². The van der Waals surface area contributed by atoms with Crippen molar-refractivity contribution in [3.05, 3.63) is 80.5 Å². The number of halogens is 3. The fourth-order valence-corrected chi connectivity index (χ4v) is 3.00. The smallest absolute Gasteiger partial charge is 0.337 e. The third-order valence-corrected chi connectivity index (χ3v) is 4.52. The van der Waals surface area contributed by atoms with Gasteiger partial charge in [-0.3, -0.25) is 4.79 Å². The van der Waals surface area contributed by atoms with Crippen LogP contribution in [0.3, 0.4) is 0 Å². The van der Waals surface area contributed by atoms with Crippen LogP contribution in [0.4, 0.5) is 0 Å². The Bertz CT molecular complexity index is 1090. The van der Waals surface area contributed by atoms with E-state index < -0.39 is 11.9 Å². The molecule has 0 saturated heterocycles. The summed E-state index contributed by atoms with van der Waals surface area (Å²) in [6, 6.07) is 12.3. The predicted octanol–water partition coefficient (Wildman–Crippen LogP) is 5.37. The number of hydrogen-bond acceptors (Lipinski definition) is 4. The van der Waals surface area contributed by atoms with E-state index in [-0.39, 0.29) is 21.2 Å². The summed E-state index contributed by atoms with van der Waals surface area (Å²) in [4.78, 5) is 23.3. The Morgan fingerprint density at radius 2 is 1.75 bits per heavy atom. The molecule has 1 aromatic heterocycles. The summed E-state index contributed by atoms with van der Waals surface area (Å²) in [7, 11) is 0. The maximum Gasteiger partial charge on any atom is 0.337 e. The lowest BCUT2D eigenvalue weighted by Crippen LogP contribution is -2.17. The fraction of sp³-hybridized carbons (Fsp3) is 0. The van der Waals surface area contributed by atoms with Crippen molar-refractivity contribution in [2.45, 2.75) is 0 Å². The highest BCUT2D eigenvalue weighted by molar-refractivity contribution is 6.36. The van der Waals surface area contributed by atoms with E-state index in [2.05, 4.69) is 10.5 Å². The molecule has 0 aliphatic rings. The molecule has 2 aromatic carbocycles. The quantitative estimate of drug-likeness (QED) is 0.415. The van der Waals surface area contributed by atoms with Crippen LogP contribution in [0.1, 0.15) is 26.5 Å². The van der Waals surface area contributed by atoms with Gasteiger partial charge in [0.2, 0.25) is 0 Å². The highest BCUT2D eigenvalue weighted by Crippen LogP contribution is 2.26. The fourth-order valence-electron chi connectivity index (χ4n) is 2.31. The van der Waals surface area contributed by atoms with Crippen molar-refractivity contribution < 1.29 is 19.1 Å². The molecule has 0 unspecified atom stereocenters. The molecule has 0 aliphatic carbocycles. The molecule has 1 heterocycles. The van der Waals surface area contributed by atoms with Gasteiger partial charge in [0.25, 0.3) is 5.91 Å². The van der Waals surface area contributed by atoms with E-state index in [0.717, 1.165) is 0 Å². The SMILES string of the molecule is O=C(O)c1cc(-c2ccc(/C=N/NC(=O)c3ccc(Cl)cc3Cl)o2)ccc1Cl. The first-order chi connectivity index (χ1) is 13.3. The molecule has 0 aliphatic heterocycles. The van der Waals surface area contributed by atoms with Crippen LogP contribution in [-0.4, -0.2) is 23.2 Å². The molecule has 9 heteroatoms. The molecule has 0 saturated carbocycles. The largest absolute Gasteiger partial charge is 0.478 e. The van der Waals surface area contributed by atoms with Crippen LogP contribution in [0.5, 0.6) is 0 Å².